The van der Waals surface area contributed by atoms with E-state index in [1.165, 1.54) is 0 Å². The van der Waals surface area contributed by atoms with Crippen LogP contribution in [0.15, 0.2) is 72.9 Å². The van der Waals surface area contributed by atoms with Crippen molar-refractivity contribution >= 4 is 11.7 Å². The Morgan fingerprint density at radius 2 is 1.82 bits per heavy atom. The molecule has 1 aromatic heterocycles. The second-order valence-electron chi connectivity index (χ2n) is 6.52. The number of nitrogens with one attached hydrogen (secondary N) is 2. The van der Waals surface area contributed by atoms with Gasteiger partial charge in [-0.05, 0) is 42.7 Å². The van der Waals surface area contributed by atoms with E-state index >= 15 is 0 Å². The number of carbonyl (C=O) groups excluding carboxylic acids is 1. The summed E-state index contributed by atoms with van der Waals surface area (Å²) in [6.45, 7) is 2.60. The number of hydrogen-bond acceptors (Lipinski definition) is 4. The highest BCUT2D eigenvalue weighted by Crippen LogP contribution is 2.19. The molecule has 1 heterocycles. The van der Waals surface area contributed by atoms with Gasteiger partial charge in [0.1, 0.15) is 11.6 Å². The zero-order valence-corrected chi connectivity index (χ0v) is 16.2. The Labute approximate surface area is 165 Å². The van der Waals surface area contributed by atoms with Crippen molar-refractivity contribution in [3.8, 4) is 5.75 Å². The standard InChI is InChI=1S/C23H25N3O2/c1-17(18-8-4-3-5-9-18)26-22-16-20(13-14-24-22)23(27)25-15-12-19-10-6-7-11-21(19)28-2/h3-11,13-14,16-17H,12,15H2,1-2H3,(H,24,26)(H,25,27). The highest BCUT2D eigenvalue weighted by atomic mass is 16.5. The first kappa shape index (κ1) is 19.4. The highest BCUT2D eigenvalue weighted by Gasteiger charge is 2.10. The fourth-order valence-electron chi connectivity index (χ4n) is 3.02. The summed E-state index contributed by atoms with van der Waals surface area (Å²) in [5.74, 6) is 1.39. The molecule has 1 amide bonds. The molecule has 5 heteroatoms. The second-order valence-corrected chi connectivity index (χ2v) is 6.52. The Balaban J connectivity index is 1.58. The van der Waals surface area contributed by atoms with Crippen molar-refractivity contribution in [3.63, 3.8) is 0 Å². The number of carbonyl (C=O) groups is 1. The lowest BCUT2D eigenvalue weighted by molar-refractivity contribution is 0.0954. The van der Waals surface area contributed by atoms with Gasteiger partial charge in [0.15, 0.2) is 0 Å². The third-order valence-electron chi connectivity index (χ3n) is 4.56. The molecule has 0 bridgehead atoms. The van der Waals surface area contributed by atoms with E-state index in [1.54, 1.807) is 25.4 Å². The number of rotatable bonds is 8. The smallest absolute Gasteiger partial charge is 0.251 e. The van der Waals surface area contributed by atoms with Gasteiger partial charge in [0.2, 0.25) is 0 Å². The van der Waals surface area contributed by atoms with Gasteiger partial charge >= 0.3 is 0 Å². The van der Waals surface area contributed by atoms with Crippen molar-refractivity contribution in [1.29, 1.82) is 0 Å². The molecule has 0 spiro atoms. The summed E-state index contributed by atoms with van der Waals surface area (Å²) in [4.78, 5) is 16.8. The number of benzene rings is 2. The molecule has 1 atom stereocenters. The lowest BCUT2D eigenvalue weighted by Gasteiger charge is -2.15. The maximum atomic E-state index is 12.5. The molecule has 0 saturated heterocycles. The molecular weight excluding hydrogens is 350 g/mol. The zero-order chi connectivity index (χ0) is 19.8. The van der Waals surface area contributed by atoms with E-state index in [2.05, 4.69) is 34.7 Å². The average Bonchev–Trinajstić information content (AvgIpc) is 2.74. The number of hydrogen-bond donors (Lipinski definition) is 2. The van der Waals surface area contributed by atoms with Gasteiger partial charge in [-0.2, -0.15) is 0 Å². The maximum absolute atomic E-state index is 12.5. The largest absolute Gasteiger partial charge is 0.496 e. The Kier molecular flexibility index (Phi) is 6.63. The molecule has 0 fully saturated rings. The number of methoxy groups -OCH3 is 1. The fraction of sp³-hybridized carbons (Fsp3) is 0.217. The molecule has 2 N–H and O–H groups in total. The Morgan fingerprint density at radius 3 is 2.61 bits per heavy atom. The van der Waals surface area contributed by atoms with E-state index in [0.717, 1.165) is 16.9 Å². The number of amides is 1. The Bertz CT molecular complexity index is 912. The van der Waals surface area contributed by atoms with E-state index in [4.69, 9.17) is 4.74 Å². The van der Waals surface area contributed by atoms with E-state index in [-0.39, 0.29) is 11.9 Å². The van der Waals surface area contributed by atoms with Crippen LogP contribution in [0.2, 0.25) is 0 Å². The summed E-state index contributed by atoms with van der Waals surface area (Å²) < 4.78 is 5.35. The SMILES string of the molecule is COc1ccccc1CCNC(=O)c1ccnc(NC(C)c2ccccc2)c1. The molecule has 5 nitrogen and oxygen atoms in total. The van der Waals surface area contributed by atoms with Crippen molar-refractivity contribution in [3.05, 3.63) is 89.6 Å². The zero-order valence-electron chi connectivity index (χ0n) is 16.2. The van der Waals surface area contributed by atoms with Crippen molar-refractivity contribution in [2.75, 3.05) is 19.0 Å². The number of anilines is 1. The molecule has 3 rings (SSSR count). The molecule has 28 heavy (non-hydrogen) atoms. The first-order valence-corrected chi connectivity index (χ1v) is 9.35. The first-order valence-electron chi connectivity index (χ1n) is 9.35. The fourth-order valence-corrected chi connectivity index (χ4v) is 3.02. The minimum absolute atomic E-state index is 0.0950. The summed E-state index contributed by atoms with van der Waals surface area (Å²) in [6.07, 6.45) is 2.35. The van der Waals surface area contributed by atoms with Crippen LogP contribution < -0.4 is 15.4 Å². The summed E-state index contributed by atoms with van der Waals surface area (Å²) >= 11 is 0. The molecule has 0 aliphatic rings. The van der Waals surface area contributed by atoms with Crippen LogP contribution in [-0.2, 0) is 6.42 Å². The number of aromatic nitrogens is 1. The summed E-state index contributed by atoms with van der Waals surface area (Å²) in [5.41, 5.74) is 2.81. The number of nitrogens with zero attached hydrogens (tertiary/aromatic N) is 1. The number of pyridine rings is 1. The predicted molar refractivity (Wildman–Crippen MR) is 112 cm³/mol. The Morgan fingerprint density at radius 1 is 1.07 bits per heavy atom. The van der Waals surface area contributed by atoms with Crippen molar-refractivity contribution in [2.45, 2.75) is 19.4 Å². The first-order chi connectivity index (χ1) is 13.7. The predicted octanol–water partition coefficient (Wildman–Crippen LogP) is 4.24. The average molecular weight is 375 g/mol. The molecule has 3 aromatic rings. The normalized spacial score (nSPS) is 11.5. The second kappa shape index (κ2) is 9.55. The van der Waals surface area contributed by atoms with Crippen LogP contribution in [-0.4, -0.2) is 24.5 Å². The van der Waals surface area contributed by atoms with Crippen molar-refractivity contribution in [1.82, 2.24) is 10.3 Å². The van der Waals surface area contributed by atoms with Gasteiger partial charge in [0, 0.05) is 24.3 Å². The van der Waals surface area contributed by atoms with Crippen LogP contribution in [0, 0.1) is 0 Å². The highest BCUT2D eigenvalue weighted by molar-refractivity contribution is 5.94. The van der Waals surface area contributed by atoms with E-state index in [9.17, 15) is 4.79 Å². The minimum Gasteiger partial charge on any atom is -0.496 e. The van der Waals surface area contributed by atoms with Gasteiger partial charge in [0.25, 0.3) is 5.91 Å². The lowest BCUT2D eigenvalue weighted by Crippen LogP contribution is -2.26. The monoisotopic (exact) mass is 375 g/mol. The van der Waals surface area contributed by atoms with Gasteiger partial charge in [0.05, 0.1) is 7.11 Å². The van der Waals surface area contributed by atoms with Crippen LogP contribution in [0.1, 0.15) is 34.5 Å². The molecule has 0 saturated carbocycles. The molecule has 0 radical (unpaired) electrons. The van der Waals surface area contributed by atoms with E-state index < -0.39 is 0 Å². The summed E-state index contributed by atoms with van der Waals surface area (Å²) in [5, 5.41) is 6.30. The summed E-state index contributed by atoms with van der Waals surface area (Å²) in [6, 6.07) is 21.5. The molecule has 0 aliphatic carbocycles. The van der Waals surface area contributed by atoms with Gasteiger partial charge in [-0.15, -0.1) is 0 Å². The molecular formula is C23H25N3O2. The lowest BCUT2D eigenvalue weighted by atomic mass is 10.1. The molecule has 2 aromatic carbocycles. The number of ether oxygens (including phenoxy) is 1. The van der Waals surface area contributed by atoms with E-state index in [0.29, 0.717) is 24.3 Å². The molecule has 0 aliphatic heterocycles. The quantitative estimate of drug-likeness (QED) is 0.618. The van der Waals surface area contributed by atoms with E-state index in [1.807, 2.05) is 42.5 Å². The topological polar surface area (TPSA) is 63.2 Å². The van der Waals surface area contributed by atoms with Crippen LogP contribution in [0.4, 0.5) is 5.82 Å². The summed E-state index contributed by atoms with van der Waals surface area (Å²) in [7, 11) is 1.65. The molecule has 144 valence electrons. The maximum Gasteiger partial charge on any atom is 0.251 e. The van der Waals surface area contributed by atoms with Gasteiger partial charge in [-0.3, -0.25) is 4.79 Å². The van der Waals surface area contributed by atoms with Crippen LogP contribution >= 0.6 is 0 Å². The molecule has 1 unspecified atom stereocenters. The minimum atomic E-state index is -0.118. The Hall–Kier alpha value is -3.34. The van der Waals surface area contributed by atoms with Gasteiger partial charge in [-0.25, -0.2) is 4.98 Å². The van der Waals surface area contributed by atoms with Crippen molar-refractivity contribution in [2.24, 2.45) is 0 Å². The van der Waals surface area contributed by atoms with Gasteiger partial charge in [-0.1, -0.05) is 48.5 Å². The van der Waals surface area contributed by atoms with Crippen LogP contribution in [0.5, 0.6) is 5.75 Å². The van der Waals surface area contributed by atoms with Crippen LogP contribution in [0.3, 0.4) is 0 Å². The van der Waals surface area contributed by atoms with Crippen LogP contribution in [0.25, 0.3) is 0 Å². The van der Waals surface area contributed by atoms with Gasteiger partial charge < -0.3 is 15.4 Å². The number of para-hydroxylation sites is 1. The third-order valence-corrected chi connectivity index (χ3v) is 4.56. The third kappa shape index (κ3) is 5.10. The van der Waals surface area contributed by atoms with Crippen molar-refractivity contribution < 1.29 is 9.53 Å².